The maximum atomic E-state index is 9.14. The van der Waals surface area contributed by atoms with Crippen molar-refractivity contribution in [3.05, 3.63) is 35.9 Å². The molecule has 0 saturated heterocycles. The van der Waals surface area contributed by atoms with E-state index in [1.54, 1.807) is 6.07 Å². The summed E-state index contributed by atoms with van der Waals surface area (Å²) in [4.78, 5) is 8.93. The molecule has 0 fully saturated rings. The number of para-hydroxylation sites is 1. The Balaban J connectivity index is 2.16. The van der Waals surface area contributed by atoms with Crippen LogP contribution in [0, 0.1) is 11.3 Å². The average Bonchev–Trinajstić information content (AvgIpc) is 2.91. The predicted octanol–water partition coefficient (Wildman–Crippen LogP) is 3.21. The topological polar surface area (TPSA) is 84.8 Å². The molecule has 21 heavy (non-hydrogen) atoms. The Kier molecular flexibility index (Phi) is 3.42. The average molecular weight is 296 g/mol. The molecule has 0 spiro atoms. The molecule has 6 heteroatoms. The third-order valence-electron chi connectivity index (χ3n) is 2.92. The number of fused-ring (bicyclic) bond motifs is 1. The fourth-order valence-electron chi connectivity index (χ4n) is 1.99. The van der Waals surface area contributed by atoms with Crippen LogP contribution in [0.2, 0.25) is 0 Å². The van der Waals surface area contributed by atoms with Gasteiger partial charge < -0.3 is 10.5 Å². The summed E-state index contributed by atoms with van der Waals surface area (Å²) in [5, 5.41) is 9.90. The van der Waals surface area contributed by atoms with E-state index in [2.05, 4.69) is 9.97 Å². The van der Waals surface area contributed by atoms with E-state index >= 15 is 0 Å². The molecule has 1 aromatic carbocycles. The largest absolute Gasteiger partial charge is 0.477 e. The molecule has 0 atom stereocenters. The van der Waals surface area contributed by atoms with Crippen molar-refractivity contribution in [2.24, 2.45) is 0 Å². The van der Waals surface area contributed by atoms with Gasteiger partial charge in [-0.25, -0.2) is 9.97 Å². The monoisotopic (exact) mass is 296 g/mol. The number of benzene rings is 1. The van der Waals surface area contributed by atoms with Crippen LogP contribution in [-0.2, 0) is 0 Å². The number of pyridine rings is 1. The molecule has 0 bridgehead atoms. The molecule has 3 aromatic rings. The van der Waals surface area contributed by atoms with Crippen molar-refractivity contribution in [3.8, 4) is 22.7 Å². The van der Waals surface area contributed by atoms with E-state index in [1.165, 1.54) is 11.3 Å². The van der Waals surface area contributed by atoms with Gasteiger partial charge in [0, 0.05) is 0 Å². The van der Waals surface area contributed by atoms with Gasteiger partial charge in [-0.1, -0.05) is 12.1 Å². The Labute approximate surface area is 125 Å². The second kappa shape index (κ2) is 5.38. The minimum atomic E-state index is 0.259. The molecule has 104 valence electrons. The van der Waals surface area contributed by atoms with Crippen molar-refractivity contribution in [2.45, 2.75) is 6.92 Å². The Morgan fingerprint density at radius 2 is 2.14 bits per heavy atom. The molecule has 0 aliphatic rings. The van der Waals surface area contributed by atoms with Crippen LogP contribution in [0.3, 0.4) is 0 Å². The lowest BCUT2D eigenvalue weighted by molar-refractivity contribution is 0.326. The SMILES string of the molecule is CCOc1nc(-c2nc3ccccc3s2)cc(N)c1C#N. The first-order valence-electron chi connectivity index (χ1n) is 6.42. The smallest absolute Gasteiger partial charge is 0.234 e. The standard InChI is InChI=1S/C15H12N4OS/c1-2-20-14-9(8-16)10(17)7-12(18-14)15-19-11-5-3-4-6-13(11)21-15/h3-7H,2H2,1H3,(H2,17,18). The van der Waals surface area contributed by atoms with Crippen molar-refractivity contribution < 1.29 is 4.74 Å². The predicted molar refractivity (Wildman–Crippen MR) is 83.1 cm³/mol. The Morgan fingerprint density at radius 3 is 2.86 bits per heavy atom. The van der Waals surface area contributed by atoms with E-state index in [4.69, 9.17) is 15.7 Å². The number of rotatable bonds is 3. The van der Waals surface area contributed by atoms with Gasteiger partial charge in [-0.3, -0.25) is 0 Å². The van der Waals surface area contributed by atoms with Crippen LogP contribution in [0.15, 0.2) is 30.3 Å². The number of hydrogen-bond donors (Lipinski definition) is 1. The quantitative estimate of drug-likeness (QED) is 0.802. The van der Waals surface area contributed by atoms with Gasteiger partial charge in [0.1, 0.15) is 22.3 Å². The summed E-state index contributed by atoms with van der Waals surface area (Å²) in [6.45, 7) is 2.26. The summed E-state index contributed by atoms with van der Waals surface area (Å²) in [6.07, 6.45) is 0. The second-order valence-electron chi connectivity index (χ2n) is 4.31. The van der Waals surface area contributed by atoms with Crippen LogP contribution in [0.1, 0.15) is 12.5 Å². The van der Waals surface area contributed by atoms with Crippen molar-refractivity contribution >= 4 is 27.2 Å². The number of nitrogen functional groups attached to an aromatic ring is 1. The zero-order chi connectivity index (χ0) is 14.8. The van der Waals surface area contributed by atoms with E-state index in [-0.39, 0.29) is 11.4 Å². The van der Waals surface area contributed by atoms with Crippen LogP contribution < -0.4 is 10.5 Å². The van der Waals surface area contributed by atoms with E-state index in [0.29, 0.717) is 18.0 Å². The molecule has 0 unspecified atom stereocenters. The summed E-state index contributed by atoms with van der Waals surface area (Å²) < 4.78 is 6.49. The normalized spacial score (nSPS) is 10.5. The van der Waals surface area contributed by atoms with Crippen molar-refractivity contribution in [3.63, 3.8) is 0 Å². The van der Waals surface area contributed by atoms with Gasteiger partial charge in [0.05, 0.1) is 22.5 Å². The van der Waals surface area contributed by atoms with E-state index in [9.17, 15) is 0 Å². The molecular formula is C15H12N4OS. The third-order valence-corrected chi connectivity index (χ3v) is 3.98. The number of nitrogens with zero attached hydrogens (tertiary/aromatic N) is 3. The number of thiazole rings is 1. The first-order chi connectivity index (χ1) is 10.2. The third kappa shape index (κ3) is 2.39. The fourth-order valence-corrected chi connectivity index (χ4v) is 2.91. The molecule has 5 nitrogen and oxygen atoms in total. The van der Waals surface area contributed by atoms with E-state index in [1.807, 2.05) is 37.3 Å². The van der Waals surface area contributed by atoms with Gasteiger partial charge in [0.15, 0.2) is 0 Å². The number of nitrogens with two attached hydrogens (primary N) is 1. The van der Waals surface area contributed by atoms with Crippen LogP contribution in [0.25, 0.3) is 20.9 Å². The van der Waals surface area contributed by atoms with Crippen LogP contribution in [0.5, 0.6) is 5.88 Å². The Bertz CT molecular complexity index is 817. The van der Waals surface area contributed by atoms with Crippen molar-refractivity contribution in [1.82, 2.24) is 9.97 Å². The van der Waals surface area contributed by atoms with Crippen molar-refractivity contribution in [1.29, 1.82) is 5.26 Å². The zero-order valence-electron chi connectivity index (χ0n) is 11.3. The Morgan fingerprint density at radius 1 is 1.33 bits per heavy atom. The molecule has 0 aliphatic heterocycles. The van der Waals surface area contributed by atoms with Gasteiger partial charge in [-0.05, 0) is 25.1 Å². The fraction of sp³-hybridized carbons (Fsp3) is 0.133. The summed E-state index contributed by atoms with van der Waals surface area (Å²) in [7, 11) is 0. The number of hydrogen-bond acceptors (Lipinski definition) is 6. The molecule has 2 aromatic heterocycles. The highest BCUT2D eigenvalue weighted by Crippen LogP contribution is 2.33. The lowest BCUT2D eigenvalue weighted by Crippen LogP contribution is -2.02. The lowest BCUT2D eigenvalue weighted by Gasteiger charge is -2.08. The highest BCUT2D eigenvalue weighted by atomic mass is 32.1. The number of anilines is 1. The van der Waals surface area contributed by atoms with Crippen LogP contribution >= 0.6 is 11.3 Å². The summed E-state index contributed by atoms with van der Waals surface area (Å²) in [6, 6.07) is 11.6. The zero-order valence-corrected chi connectivity index (χ0v) is 12.1. The molecular weight excluding hydrogens is 284 g/mol. The van der Waals surface area contributed by atoms with Gasteiger partial charge >= 0.3 is 0 Å². The van der Waals surface area contributed by atoms with E-state index < -0.39 is 0 Å². The molecule has 0 aliphatic carbocycles. The summed E-state index contributed by atoms with van der Waals surface area (Å²) >= 11 is 1.53. The minimum absolute atomic E-state index is 0.259. The number of nitriles is 1. The van der Waals surface area contributed by atoms with E-state index in [0.717, 1.165) is 15.2 Å². The second-order valence-corrected chi connectivity index (χ2v) is 5.34. The first-order valence-corrected chi connectivity index (χ1v) is 7.24. The first kappa shape index (κ1) is 13.3. The van der Waals surface area contributed by atoms with Crippen LogP contribution in [-0.4, -0.2) is 16.6 Å². The molecule has 0 amide bonds. The summed E-state index contributed by atoms with van der Waals surface area (Å²) in [5.41, 5.74) is 8.08. The summed E-state index contributed by atoms with van der Waals surface area (Å²) in [5.74, 6) is 0.259. The number of aromatic nitrogens is 2. The molecule has 3 rings (SSSR count). The maximum absolute atomic E-state index is 9.14. The van der Waals surface area contributed by atoms with Crippen LogP contribution in [0.4, 0.5) is 5.69 Å². The van der Waals surface area contributed by atoms with Gasteiger partial charge in [0.25, 0.3) is 0 Å². The van der Waals surface area contributed by atoms with Gasteiger partial charge in [-0.15, -0.1) is 11.3 Å². The van der Waals surface area contributed by atoms with Crippen molar-refractivity contribution in [2.75, 3.05) is 12.3 Å². The molecule has 2 heterocycles. The lowest BCUT2D eigenvalue weighted by atomic mass is 10.2. The molecule has 0 radical (unpaired) electrons. The highest BCUT2D eigenvalue weighted by molar-refractivity contribution is 7.21. The Hall–Kier alpha value is -2.65. The maximum Gasteiger partial charge on any atom is 0.234 e. The van der Waals surface area contributed by atoms with Gasteiger partial charge in [0.2, 0.25) is 5.88 Å². The minimum Gasteiger partial charge on any atom is -0.477 e. The highest BCUT2D eigenvalue weighted by Gasteiger charge is 2.15. The number of ether oxygens (including phenoxy) is 1. The molecule has 0 saturated carbocycles. The van der Waals surface area contributed by atoms with Gasteiger partial charge in [-0.2, -0.15) is 5.26 Å². The molecule has 2 N–H and O–H groups in total.